The highest BCUT2D eigenvalue weighted by Gasteiger charge is 2.44. The van der Waals surface area contributed by atoms with Crippen LogP contribution in [0.1, 0.15) is 41.4 Å². The quantitative estimate of drug-likeness (QED) is 0.242. The number of amides is 8. The molecule has 0 bridgehead atoms. The van der Waals surface area contributed by atoms with Crippen molar-refractivity contribution >= 4 is 47.3 Å². The third kappa shape index (κ3) is 13.1. The number of ether oxygens (including phenoxy) is 1. The molecule has 13 heteroatoms. The largest absolute Gasteiger partial charge is 0.457 e. The number of rotatable bonds is 6. The van der Waals surface area contributed by atoms with Gasteiger partial charge in [-0.15, -0.1) is 0 Å². The molecule has 4 heterocycles. The topological polar surface area (TPSA) is 159 Å². The van der Waals surface area contributed by atoms with Crippen molar-refractivity contribution < 1.29 is 43.1 Å². The second-order valence-electron chi connectivity index (χ2n) is 13.1. The van der Waals surface area contributed by atoms with Crippen LogP contribution in [0.15, 0.2) is 268 Å². The van der Waals surface area contributed by atoms with Crippen molar-refractivity contribution in [3.05, 3.63) is 290 Å². The zero-order valence-electron chi connectivity index (χ0n) is 37.2. The maximum atomic E-state index is 13.8. The predicted octanol–water partition coefficient (Wildman–Crippen LogP) is 6.22. The Kier molecular flexibility index (Phi) is 17.2. The van der Waals surface area contributed by atoms with E-state index in [-0.39, 0.29) is 33.8 Å². The van der Waals surface area contributed by atoms with Gasteiger partial charge in [0.1, 0.15) is 18.2 Å². The summed E-state index contributed by atoms with van der Waals surface area (Å²) in [7, 11) is 0. The van der Waals surface area contributed by atoms with E-state index >= 15 is 0 Å². The smallest absolute Gasteiger partial charge is 0.267 e. The average molecular weight is 947 g/mol. The number of benzene rings is 2. The van der Waals surface area contributed by atoms with E-state index in [0.29, 0.717) is 9.80 Å². The van der Waals surface area contributed by atoms with Gasteiger partial charge in [0.25, 0.3) is 47.3 Å². The molecule has 4 aliphatic rings. The average Bonchev–Trinajstić information content (AvgIpc) is 4.06. The Labute approximate surface area is 416 Å². The molecule has 0 aromatic heterocycles. The number of fused-ring (bicyclic) bond motifs is 2. The predicted molar refractivity (Wildman–Crippen MR) is 249 cm³/mol. The highest BCUT2D eigenvalue weighted by molar-refractivity contribution is 6.24. The van der Waals surface area contributed by atoms with Gasteiger partial charge >= 0.3 is 0 Å². The van der Waals surface area contributed by atoms with E-state index in [2.05, 4.69) is 201 Å². The van der Waals surface area contributed by atoms with E-state index in [0.717, 1.165) is 34.1 Å². The van der Waals surface area contributed by atoms with Gasteiger partial charge in [-0.3, -0.25) is 48.2 Å². The molecule has 0 fully saturated rings. The van der Waals surface area contributed by atoms with Gasteiger partial charge in [0.15, 0.2) is 5.82 Å². The van der Waals surface area contributed by atoms with Gasteiger partial charge in [0, 0.05) is 116 Å². The standard InChI is InChI=1S/C61H14N4O9/c1-2-3-4-5-6-7-8-9-10-11-12-13-14-15-16-17-18-19-20-21-22-23-24-25-26-27-28-29-30-31-32-33-34-35-53(64-56(68)42-43-57(64)69)65-60(72)50-39-37-48(45-52(50)61(65)73)74-47-36-38-49-51(44-47)59(71)63(58(49)70)46-62-54(66)40-41-55(62)67/h36-45H,1,46H2. The summed E-state index contributed by atoms with van der Waals surface area (Å²) < 4.78 is 5.89. The van der Waals surface area contributed by atoms with Crippen molar-refractivity contribution in [1.29, 1.82) is 0 Å². The van der Waals surface area contributed by atoms with Gasteiger partial charge in [0.05, 0.1) is 22.3 Å². The molecule has 0 saturated heterocycles. The van der Waals surface area contributed by atoms with E-state index in [4.69, 9.17) is 4.74 Å². The molecule has 2 aromatic carbocycles. The lowest BCUT2D eigenvalue weighted by Crippen LogP contribution is -2.43. The van der Waals surface area contributed by atoms with Crippen LogP contribution in [-0.4, -0.2) is 73.5 Å². The fourth-order valence-corrected chi connectivity index (χ4v) is 5.68. The number of nitrogens with zero attached hydrogens (tertiary/aromatic N) is 4. The molecule has 0 unspecified atom stereocenters. The van der Waals surface area contributed by atoms with E-state index in [1.165, 1.54) is 36.4 Å². The summed E-state index contributed by atoms with van der Waals surface area (Å²) in [6, 6.07) is 7.82. The summed E-state index contributed by atoms with van der Waals surface area (Å²) in [5.74, 6) is -6.99. The SMILES string of the molecule is C=C=C=C=C=C=C=C=C=C=C=C=C=C=C=C=C=C=C=C=C=C=C=C=C=C=C=C=C=C=C=C=C=C=C=C(N1C(=O)C=CC1=O)N1C(=O)c2ccc(Oc3ccc4c(c3)C(=O)N(CN3C(=O)C=CC3=O)C4=O)cc2C1=O. The van der Waals surface area contributed by atoms with Crippen molar-refractivity contribution in [2.24, 2.45) is 0 Å². The summed E-state index contributed by atoms with van der Waals surface area (Å²) in [4.78, 5) is 106. The summed E-state index contributed by atoms with van der Waals surface area (Å²) in [6.07, 6.45) is 3.92. The van der Waals surface area contributed by atoms with Gasteiger partial charge in [-0.1, -0.05) is 5.73 Å². The molecule has 8 amide bonds. The van der Waals surface area contributed by atoms with Crippen LogP contribution < -0.4 is 4.74 Å². The first-order valence-electron chi connectivity index (χ1n) is 20.1. The van der Waals surface area contributed by atoms with Crippen LogP contribution in [0.2, 0.25) is 0 Å². The minimum absolute atomic E-state index is 0.00432. The summed E-state index contributed by atoms with van der Waals surface area (Å²) >= 11 is 0. The van der Waals surface area contributed by atoms with Crippen molar-refractivity contribution in [3.8, 4) is 11.5 Å². The summed E-state index contributed by atoms with van der Waals surface area (Å²) in [5, 5.41) is 0. The highest BCUT2D eigenvalue weighted by atomic mass is 16.5. The third-order valence-electron chi connectivity index (χ3n) is 8.65. The van der Waals surface area contributed by atoms with E-state index in [1.54, 1.807) is 0 Å². The van der Waals surface area contributed by atoms with Crippen LogP contribution in [0.25, 0.3) is 0 Å². The number of hydrogen-bond donors (Lipinski definition) is 0. The highest BCUT2D eigenvalue weighted by Crippen LogP contribution is 2.34. The summed E-state index contributed by atoms with van der Waals surface area (Å²) in [6.45, 7) is 2.72. The minimum atomic E-state index is -0.957. The monoisotopic (exact) mass is 946 g/mol. The fraction of sp³-hybridized carbons (Fsp3) is 0.0164. The maximum absolute atomic E-state index is 13.8. The molecule has 0 atom stereocenters. The second-order valence-corrected chi connectivity index (χ2v) is 13.1. The Morgan fingerprint density at radius 1 is 0.351 bits per heavy atom. The molecule has 2 aromatic rings. The van der Waals surface area contributed by atoms with E-state index in [9.17, 15) is 38.4 Å². The number of hydrogen-bond acceptors (Lipinski definition) is 9. The van der Waals surface area contributed by atoms with Crippen LogP contribution in [0.5, 0.6) is 11.5 Å². The Bertz CT molecular complexity index is 4560. The molecule has 0 spiro atoms. The molecule has 332 valence electrons. The Hall–Kier alpha value is -13.5. The normalized spacial score (nSPS) is 11.4. The minimum Gasteiger partial charge on any atom is -0.457 e. The molecule has 0 N–H and O–H groups in total. The van der Waals surface area contributed by atoms with Crippen molar-refractivity contribution in [2.75, 3.05) is 6.67 Å². The van der Waals surface area contributed by atoms with Crippen LogP contribution in [0.3, 0.4) is 0 Å². The third-order valence-corrected chi connectivity index (χ3v) is 8.65. The molecule has 0 saturated carbocycles. The molecule has 13 nitrogen and oxygen atoms in total. The molecule has 4 aliphatic heterocycles. The fourth-order valence-electron chi connectivity index (χ4n) is 5.68. The Balaban J connectivity index is 1.20. The second kappa shape index (κ2) is 25.4. The van der Waals surface area contributed by atoms with Gasteiger partial charge in [0.2, 0.25) is 0 Å². The zero-order chi connectivity index (χ0) is 52.5. The lowest BCUT2D eigenvalue weighted by molar-refractivity contribution is -0.138. The van der Waals surface area contributed by atoms with Crippen LogP contribution in [0, 0.1) is 0 Å². The molecule has 6 rings (SSSR count). The van der Waals surface area contributed by atoms with Gasteiger partial charge in [-0.05, 0) is 140 Å². The van der Waals surface area contributed by atoms with E-state index in [1.807, 2.05) is 0 Å². The van der Waals surface area contributed by atoms with Crippen LogP contribution in [-0.2, 0) is 19.2 Å². The maximum Gasteiger partial charge on any atom is 0.267 e. The molecular formula is C61H14N4O9. The first-order valence-corrected chi connectivity index (χ1v) is 20.1. The van der Waals surface area contributed by atoms with Gasteiger partial charge in [-0.2, -0.15) is 0 Å². The molecule has 0 radical (unpaired) electrons. The number of carbonyl (C=O) groups is 8. The Morgan fingerprint density at radius 3 is 1.05 bits per heavy atom. The Morgan fingerprint density at radius 2 is 0.662 bits per heavy atom. The molecular weight excluding hydrogens is 933 g/mol. The van der Waals surface area contributed by atoms with Crippen LogP contribution >= 0.6 is 0 Å². The van der Waals surface area contributed by atoms with Crippen molar-refractivity contribution in [3.63, 3.8) is 0 Å². The molecule has 74 heavy (non-hydrogen) atoms. The number of carbonyl (C=O) groups excluding carboxylic acids is 8. The van der Waals surface area contributed by atoms with Gasteiger partial charge < -0.3 is 4.74 Å². The first-order chi connectivity index (χ1) is 36.1. The first kappa shape index (κ1) is 50.0. The number of imide groups is 4. The van der Waals surface area contributed by atoms with E-state index < -0.39 is 59.7 Å². The van der Waals surface area contributed by atoms with Gasteiger partial charge in [-0.25, -0.2) is 9.80 Å². The lowest BCUT2D eigenvalue weighted by atomic mass is 10.1. The van der Waals surface area contributed by atoms with Crippen LogP contribution in [0.4, 0.5) is 0 Å². The summed E-state index contributed by atoms with van der Waals surface area (Å²) in [5.41, 5.74) is 83.1. The van der Waals surface area contributed by atoms with Crippen molar-refractivity contribution in [1.82, 2.24) is 19.6 Å². The zero-order valence-corrected chi connectivity index (χ0v) is 37.2. The van der Waals surface area contributed by atoms with Crippen molar-refractivity contribution in [2.45, 2.75) is 0 Å². The lowest BCUT2D eigenvalue weighted by Gasteiger charge is -2.22. The molecule has 0 aliphatic carbocycles.